The van der Waals surface area contributed by atoms with Crippen LogP contribution in [-0.2, 0) is 34.7 Å². The van der Waals surface area contributed by atoms with E-state index >= 15 is 0 Å². The average Bonchev–Trinajstić information content (AvgIpc) is 3.29. The Balaban J connectivity index is 1.62. The lowest BCUT2D eigenvalue weighted by Crippen LogP contribution is -2.44. The number of rotatable bonds is 2. The summed E-state index contributed by atoms with van der Waals surface area (Å²) >= 11 is 0. The number of hydrogen-bond donors (Lipinski definition) is 1. The third kappa shape index (κ3) is 2.55. The van der Waals surface area contributed by atoms with Gasteiger partial charge in [0.1, 0.15) is 6.61 Å². The zero-order chi connectivity index (χ0) is 23.3. The van der Waals surface area contributed by atoms with E-state index in [0.717, 1.165) is 11.1 Å². The lowest BCUT2D eigenvalue weighted by molar-refractivity contribution is -0.286. The second-order valence-electron chi connectivity index (χ2n) is 8.36. The number of benzene rings is 1. The van der Waals surface area contributed by atoms with Gasteiger partial charge < -0.3 is 23.9 Å². The molecular formula is C23H18F2N2O6. The number of ether oxygens (including phenoxy) is 3. The molecule has 5 heterocycles. The van der Waals surface area contributed by atoms with Crippen molar-refractivity contribution in [3.63, 3.8) is 0 Å². The van der Waals surface area contributed by atoms with E-state index in [1.165, 1.54) is 12.1 Å². The third-order valence-corrected chi connectivity index (χ3v) is 6.68. The van der Waals surface area contributed by atoms with Crippen LogP contribution in [0.4, 0.5) is 8.78 Å². The second-order valence-corrected chi connectivity index (χ2v) is 8.36. The first-order valence-electron chi connectivity index (χ1n) is 10.6. The van der Waals surface area contributed by atoms with Crippen LogP contribution in [-0.4, -0.2) is 26.9 Å². The number of halogens is 2. The van der Waals surface area contributed by atoms with Crippen LogP contribution in [0.1, 0.15) is 42.5 Å². The number of pyridine rings is 2. The highest BCUT2D eigenvalue weighted by Crippen LogP contribution is 2.46. The molecule has 1 atom stereocenters. The largest absolute Gasteiger partial charge is 0.586 e. The summed E-state index contributed by atoms with van der Waals surface area (Å²) < 4.78 is 43.0. The van der Waals surface area contributed by atoms with Gasteiger partial charge in [0.25, 0.3) is 5.56 Å². The zero-order valence-corrected chi connectivity index (χ0v) is 17.7. The summed E-state index contributed by atoms with van der Waals surface area (Å²) in [6.07, 6.45) is -3.15. The fourth-order valence-corrected chi connectivity index (χ4v) is 5.01. The predicted octanol–water partition coefficient (Wildman–Crippen LogP) is 2.96. The summed E-state index contributed by atoms with van der Waals surface area (Å²) in [5.74, 6) is -0.990. The van der Waals surface area contributed by atoms with Crippen LogP contribution in [0.3, 0.4) is 0 Å². The average molecular weight is 456 g/mol. The van der Waals surface area contributed by atoms with Crippen molar-refractivity contribution in [3.05, 3.63) is 50.8 Å². The Morgan fingerprint density at radius 2 is 1.85 bits per heavy atom. The molecule has 0 bridgehead atoms. The minimum Gasteiger partial charge on any atom is -0.458 e. The molecule has 0 amide bonds. The van der Waals surface area contributed by atoms with Gasteiger partial charge in [-0.1, -0.05) is 13.8 Å². The van der Waals surface area contributed by atoms with Crippen molar-refractivity contribution in [3.8, 4) is 22.9 Å². The second kappa shape index (κ2) is 6.28. The van der Waals surface area contributed by atoms with Crippen molar-refractivity contribution in [2.24, 2.45) is 0 Å². The predicted molar refractivity (Wildman–Crippen MR) is 110 cm³/mol. The number of carbonyl (C=O) groups excluding carboxylic acids is 1. The van der Waals surface area contributed by atoms with Crippen LogP contribution in [0.5, 0.6) is 11.5 Å². The molecular weight excluding hydrogens is 438 g/mol. The van der Waals surface area contributed by atoms with E-state index < -0.39 is 17.9 Å². The van der Waals surface area contributed by atoms with Crippen LogP contribution >= 0.6 is 0 Å². The lowest BCUT2D eigenvalue weighted by Gasteiger charge is -2.31. The van der Waals surface area contributed by atoms with Crippen LogP contribution in [0, 0.1) is 0 Å². The maximum Gasteiger partial charge on any atom is 0.586 e. The van der Waals surface area contributed by atoms with Gasteiger partial charge in [-0.2, -0.15) is 0 Å². The normalized spacial score (nSPS) is 21.5. The van der Waals surface area contributed by atoms with E-state index in [1.807, 2.05) is 6.92 Å². The Labute approximate surface area is 185 Å². The van der Waals surface area contributed by atoms with Crippen LogP contribution in [0.25, 0.3) is 22.3 Å². The molecule has 10 heteroatoms. The molecule has 170 valence electrons. The molecule has 0 spiro atoms. The summed E-state index contributed by atoms with van der Waals surface area (Å²) in [6.45, 7) is 3.57. The number of aromatic nitrogens is 2. The van der Waals surface area contributed by atoms with Gasteiger partial charge in [0.15, 0.2) is 17.1 Å². The highest BCUT2D eigenvalue weighted by Gasteiger charge is 2.46. The molecule has 6 rings (SSSR count). The Morgan fingerprint density at radius 1 is 1.12 bits per heavy atom. The first-order chi connectivity index (χ1) is 15.7. The molecule has 0 aliphatic carbocycles. The fraction of sp³-hybridized carbons (Fsp3) is 0.348. The molecule has 0 fully saturated rings. The van der Waals surface area contributed by atoms with Crippen molar-refractivity contribution in [1.29, 1.82) is 0 Å². The first kappa shape index (κ1) is 20.1. The minimum absolute atomic E-state index is 0.0393. The Kier molecular flexibility index (Phi) is 3.83. The Hall–Kier alpha value is -3.53. The van der Waals surface area contributed by atoms with Gasteiger partial charge in [-0.05, 0) is 30.5 Å². The van der Waals surface area contributed by atoms with E-state index in [0.29, 0.717) is 28.7 Å². The van der Waals surface area contributed by atoms with E-state index in [2.05, 4.69) is 14.5 Å². The molecule has 3 aliphatic heterocycles. The van der Waals surface area contributed by atoms with Gasteiger partial charge >= 0.3 is 12.3 Å². The third-order valence-electron chi connectivity index (χ3n) is 6.68. The van der Waals surface area contributed by atoms with E-state index in [-0.39, 0.29) is 47.8 Å². The summed E-state index contributed by atoms with van der Waals surface area (Å²) in [7, 11) is 0. The molecule has 33 heavy (non-hydrogen) atoms. The Bertz CT molecular complexity index is 1460. The van der Waals surface area contributed by atoms with Gasteiger partial charge in [-0.25, -0.2) is 9.78 Å². The molecule has 1 aromatic carbocycles. The van der Waals surface area contributed by atoms with Crippen molar-refractivity contribution >= 4 is 16.9 Å². The van der Waals surface area contributed by atoms with Gasteiger partial charge in [-0.3, -0.25) is 4.79 Å². The van der Waals surface area contributed by atoms with Crippen LogP contribution in [0.15, 0.2) is 23.0 Å². The molecule has 1 N–H and O–H groups in total. The quantitative estimate of drug-likeness (QED) is 0.463. The smallest absolute Gasteiger partial charge is 0.458 e. The van der Waals surface area contributed by atoms with E-state index in [4.69, 9.17) is 4.74 Å². The van der Waals surface area contributed by atoms with Crippen molar-refractivity contribution in [2.45, 2.75) is 51.7 Å². The molecule has 3 aliphatic rings. The summed E-state index contributed by atoms with van der Waals surface area (Å²) in [5, 5.41) is 11.6. The van der Waals surface area contributed by atoms with Gasteiger partial charge in [0.05, 0.1) is 29.0 Å². The first-order valence-corrected chi connectivity index (χ1v) is 10.6. The van der Waals surface area contributed by atoms with Crippen molar-refractivity contribution in [1.82, 2.24) is 9.55 Å². The number of cyclic esters (lactones) is 1. The molecule has 0 saturated carbocycles. The van der Waals surface area contributed by atoms with Crippen LogP contribution < -0.4 is 15.0 Å². The van der Waals surface area contributed by atoms with Gasteiger partial charge in [0.2, 0.25) is 0 Å². The molecule has 0 radical (unpaired) electrons. The number of nitrogens with zero attached hydrogens (tertiary/aromatic N) is 2. The number of hydrogen-bond acceptors (Lipinski definition) is 7. The molecule has 2 aromatic heterocycles. The molecule has 3 aromatic rings. The molecule has 0 unspecified atom stereocenters. The van der Waals surface area contributed by atoms with Gasteiger partial charge in [-0.15, -0.1) is 8.78 Å². The molecule has 8 nitrogen and oxygen atoms in total. The maximum atomic E-state index is 13.6. The summed E-state index contributed by atoms with van der Waals surface area (Å²) in [5.41, 5.74) is 1.16. The number of fused-ring (bicyclic) bond motifs is 6. The van der Waals surface area contributed by atoms with Crippen molar-refractivity contribution in [2.75, 3.05) is 0 Å². The minimum atomic E-state index is -3.74. The summed E-state index contributed by atoms with van der Waals surface area (Å²) in [6, 6.07) is 4.49. The number of esters is 1. The SMILES string of the molecule is CCc1c2c(nc3cc4c(cc13)OC(F)(F)O4)-c1cc3c(c(=O)n1C2)COC(=O)[C@]3(O)CC. The Morgan fingerprint density at radius 3 is 2.55 bits per heavy atom. The summed E-state index contributed by atoms with van der Waals surface area (Å²) in [4.78, 5) is 30.3. The lowest BCUT2D eigenvalue weighted by atomic mass is 9.86. The number of aryl methyl sites for hydroxylation is 1. The number of alkyl halides is 2. The standard InChI is InChI=1S/C23H18F2N2O6/c1-3-10-11-5-17-18(33-23(24,25)32-17)7-15(11)26-19-12(10)8-27-16(19)6-14-13(20(27)28)9-31-21(29)22(14,30)4-2/h5-7,30H,3-4,8-9H2,1-2H3/t22-/m0/s1. The van der Waals surface area contributed by atoms with Gasteiger partial charge in [0, 0.05) is 22.6 Å². The monoisotopic (exact) mass is 456 g/mol. The highest BCUT2D eigenvalue weighted by atomic mass is 19.3. The maximum absolute atomic E-state index is 13.6. The van der Waals surface area contributed by atoms with Crippen molar-refractivity contribution < 1.29 is 32.9 Å². The fourth-order valence-electron chi connectivity index (χ4n) is 5.01. The van der Waals surface area contributed by atoms with E-state index in [1.54, 1.807) is 17.6 Å². The van der Waals surface area contributed by atoms with Crippen LogP contribution in [0.2, 0.25) is 0 Å². The van der Waals surface area contributed by atoms with E-state index in [9.17, 15) is 23.5 Å². The number of carbonyl (C=O) groups is 1. The zero-order valence-electron chi connectivity index (χ0n) is 17.7. The topological polar surface area (TPSA) is 99.9 Å². The highest BCUT2D eigenvalue weighted by molar-refractivity contribution is 5.91. The number of aliphatic hydroxyl groups is 1. The molecule has 0 saturated heterocycles.